The number of unbranched alkanes of at least 4 members (excludes halogenated alkanes) is 1. The molecule has 7 aromatic rings. The number of nitrogens with two attached hydrogens (primary N) is 1. The number of para-hydroxylation sites is 1. The van der Waals surface area contributed by atoms with Crippen LogP contribution in [0.5, 0.6) is 17.2 Å². The molecule has 131 heavy (non-hydrogen) atoms. The first kappa shape index (κ1) is 103. The number of nitrogens with zero attached hydrogens (tertiary/aromatic N) is 5. The molecule has 2 heterocycles. The van der Waals surface area contributed by atoms with Crippen molar-refractivity contribution in [2.45, 2.75) is 179 Å². The number of aromatic nitrogens is 1. The van der Waals surface area contributed by atoms with Gasteiger partial charge in [0.2, 0.25) is 70.9 Å². The maximum Gasteiger partial charge on any atom is 0.293 e. The van der Waals surface area contributed by atoms with Gasteiger partial charge in [0, 0.05) is 128 Å². The van der Waals surface area contributed by atoms with E-state index in [9.17, 15) is 43.8 Å². The Morgan fingerprint density at radius 2 is 1.04 bits per heavy atom. The minimum Gasteiger partial charge on any atom is -0.508 e. The van der Waals surface area contributed by atoms with E-state index < -0.39 is 211 Å². The van der Waals surface area contributed by atoms with Gasteiger partial charge >= 0.3 is 0 Å². The number of benzene rings is 6. The molecule has 702 valence electrons. The number of primary amides is 1. The fourth-order valence-corrected chi connectivity index (χ4v) is 16.6. The minimum atomic E-state index is -1.58. The van der Waals surface area contributed by atoms with Gasteiger partial charge < -0.3 is 86.8 Å². The van der Waals surface area contributed by atoms with E-state index in [4.69, 9.17) is 15.2 Å². The molecule has 1 aliphatic rings. The molecular formula is C97H123N13O20S. The number of H-pyrrole nitrogens is 1. The first-order valence-electron chi connectivity index (χ1n) is 43.9. The fourth-order valence-electron chi connectivity index (χ4n) is 15.7. The first-order valence-corrected chi connectivity index (χ1v) is 45.0. The molecule has 1 fully saturated rings. The van der Waals surface area contributed by atoms with Gasteiger partial charge in [-0.25, -0.2) is 0 Å². The van der Waals surface area contributed by atoms with Gasteiger partial charge in [-0.1, -0.05) is 163 Å². The summed E-state index contributed by atoms with van der Waals surface area (Å²) in [7, 11) is 8.23. The van der Waals surface area contributed by atoms with Crippen molar-refractivity contribution >= 4 is 117 Å². The summed E-state index contributed by atoms with van der Waals surface area (Å²) in [6.45, 7) is 6.84. The van der Waals surface area contributed by atoms with Gasteiger partial charge in [-0.2, -0.15) is 0 Å². The number of hydrogen-bond donors (Lipinski definition) is 10. The van der Waals surface area contributed by atoms with Gasteiger partial charge in [-0.15, -0.1) is 11.8 Å². The monoisotopic (exact) mass is 1820 g/mol. The van der Waals surface area contributed by atoms with Gasteiger partial charge in [0.05, 0.1) is 37.9 Å². The summed E-state index contributed by atoms with van der Waals surface area (Å²) >= 11 is 0.868. The highest BCUT2D eigenvalue weighted by molar-refractivity contribution is 8.00. The summed E-state index contributed by atoms with van der Waals surface area (Å²) in [5.41, 5.74) is 9.25. The van der Waals surface area contributed by atoms with Crippen molar-refractivity contribution in [1.29, 1.82) is 0 Å². The molecule has 6 aromatic carbocycles. The summed E-state index contributed by atoms with van der Waals surface area (Å²) in [5, 5.41) is 38.2. The first-order chi connectivity index (χ1) is 62.4. The SMILES string of the molecule is CCCC[C@H]1C(=O)N(C)CC(=O)C[C@@H](COC=O)C(=O)C[C@@H](C(C)C)C(=O)N(C)[C@@H](Cc2ccccc2)C(=O)N[C@@H](Cc2ccc(O)cc2)C(=O)N(C)CC(=O)N[C@@H](Cc2c[nH]c3ccccc23)C(=O)N[C@@H](Cc2ccc(O)cc2)C(=O)N[C@@H](CC(C)C)C(=O)N[C@H](C(=O)CCC(N)=O)CSCC(=O)N[C@@H](Cc2cccc(OC)c2)C(=O)N(C)[C@@H](Cc2ccccc2)C(=O)N1C. The number of amides is 12. The molecule has 1 aromatic heterocycles. The smallest absolute Gasteiger partial charge is 0.293 e. The maximum absolute atomic E-state index is 15.6. The number of methoxy groups -OCH3 is 1. The largest absolute Gasteiger partial charge is 0.508 e. The van der Waals surface area contributed by atoms with Crippen molar-refractivity contribution in [3.05, 3.63) is 197 Å². The lowest BCUT2D eigenvalue weighted by Crippen LogP contribution is -2.59. The second-order valence-electron chi connectivity index (χ2n) is 34.1. The molecular weight excluding hydrogens is 1700 g/mol. The Bertz CT molecular complexity index is 5110. The zero-order chi connectivity index (χ0) is 95.7. The number of Topliss-reactive ketones (excluding diaryl/α,β-unsaturated/α-hetero) is 3. The van der Waals surface area contributed by atoms with E-state index in [-0.39, 0.29) is 81.0 Å². The van der Waals surface area contributed by atoms with Crippen LogP contribution in [0.1, 0.15) is 119 Å². The number of aromatic hydroxyl groups is 2. The van der Waals surface area contributed by atoms with E-state index in [1.54, 1.807) is 143 Å². The fraction of sp³-hybridized carbons (Fsp3) is 0.443. The Morgan fingerprint density at radius 3 is 1.63 bits per heavy atom. The van der Waals surface area contributed by atoms with Crippen LogP contribution in [0, 0.1) is 23.7 Å². The Kier molecular flexibility index (Phi) is 39.8. The summed E-state index contributed by atoms with van der Waals surface area (Å²) in [6.07, 6.45) is -0.688. The van der Waals surface area contributed by atoms with Crippen LogP contribution in [0.25, 0.3) is 10.9 Å². The number of ketones is 3. The standard InChI is InChI=1S/C97H123N13O20S/c1-12-13-31-81-96(127)106(6)53-70(114)49-67(55-130-58-111)85(116)51-73(60(4)5)93(124)109(9)82(47-61-23-16-14-17-24-61)92(123)104-78(45-64-34-38-69(113)39-35-64)94(125)107(7)54-87(118)100-77(50-66-52-99-74-30-21-20-29-72(66)74)91(122)103-76(44-63-32-36-68(112)37-33-63)90(121)102-75(42-59(2)3)89(120)105-80(84(115)40-41-86(98)117)56-131-57-88(119)101-79(46-65-27-22-28-71(43-65)129-11)95(126)110(10)83(97(128)108(81)8)48-62-25-18-15-19-26-62/h14-30,32-39,43,52,58-60,67,73,75-83,99,112-113H,12-13,31,40-42,44-51,53-57H2,1-11H3,(H2,98,117)(H,100,118)(H,101,119)(H,102,121)(H,103,122)(H,104,123)(H,105,120)/t67-,73-,75-,76-,77-,78-,79-,80-,81-,82-,83-/m0/s1. The predicted molar refractivity (Wildman–Crippen MR) is 492 cm³/mol. The molecule has 34 heteroatoms. The third kappa shape index (κ3) is 31.3. The number of carbonyl (C=O) groups excluding carboxylic acids is 16. The van der Waals surface area contributed by atoms with Gasteiger partial charge in [-0.05, 0) is 101 Å². The third-order valence-corrected chi connectivity index (χ3v) is 24.3. The molecule has 0 radical (unpaired) electrons. The highest BCUT2D eigenvalue weighted by atomic mass is 32.2. The number of likely N-dealkylation sites (N-methyl/N-ethyl adjacent to an activating group) is 5. The van der Waals surface area contributed by atoms with Crippen molar-refractivity contribution in [3.63, 3.8) is 0 Å². The van der Waals surface area contributed by atoms with E-state index in [1.165, 1.54) is 101 Å². The number of ether oxygens (including phenoxy) is 2. The van der Waals surface area contributed by atoms with Crippen LogP contribution < -0.4 is 42.4 Å². The lowest BCUT2D eigenvalue weighted by atomic mass is 9.84. The van der Waals surface area contributed by atoms with E-state index >= 15 is 43.2 Å². The Balaban J connectivity index is 1.22. The average molecular weight is 1820 g/mol. The molecule has 11 N–H and O–H groups in total. The molecule has 0 spiro atoms. The summed E-state index contributed by atoms with van der Waals surface area (Å²) < 4.78 is 10.7. The molecule has 33 nitrogen and oxygen atoms in total. The molecule has 0 bridgehead atoms. The highest BCUT2D eigenvalue weighted by Gasteiger charge is 2.42. The number of fused-ring (bicyclic) bond motifs is 1. The van der Waals surface area contributed by atoms with E-state index in [2.05, 4.69) is 36.9 Å². The maximum atomic E-state index is 15.6. The molecule has 0 aliphatic carbocycles. The number of rotatable bonds is 26. The molecule has 0 unspecified atom stereocenters. The van der Waals surface area contributed by atoms with E-state index in [1.807, 2.05) is 6.92 Å². The number of phenols is 2. The van der Waals surface area contributed by atoms with Gasteiger partial charge in [0.15, 0.2) is 11.6 Å². The zero-order valence-electron chi connectivity index (χ0n) is 76.1. The lowest BCUT2D eigenvalue weighted by Gasteiger charge is -2.37. The Morgan fingerprint density at radius 1 is 0.519 bits per heavy atom. The van der Waals surface area contributed by atoms with Crippen molar-refractivity contribution < 1.29 is 96.4 Å². The quantitative estimate of drug-likeness (QED) is 0.0301. The molecule has 12 amide bonds. The molecule has 8 rings (SSSR count). The van der Waals surface area contributed by atoms with Gasteiger partial charge in [0.1, 0.15) is 78.0 Å². The van der Waals surface area contributed by atoms with Crippen molar-refractivity contribution in [3.8, 4) is 17.2 Å². The summed E-state index contributed by atoms with van der Waals surface area (Å²) in [6, 6.07) is 29.6. The molecule has 1 aliphatic heterocycles. The summed E-state index contributed by atoms with van der Waals surface area (Å²) in [4.78, 5) is 245. The normalized spacial score (nSPS) is 21.9. The average Bonchev–Trinajstić information content (AvgIpc) is 1.30. The van der Waals surface area contributed by atoms with Crippen LogP contribution in [0.2, 0.25) is 0 Å². The number of carbonyl (C=O) groups is 16. The van der Waals surface area contributed by atoms with Crippen LogP contribution in [-0.2, 0) is 120 Å². The van der Waals surface area contributed by atoms with Crippen molar-refractivity contribution in [1.82, 2.24) is 61.4 Å². The highest BCUT2D eigenvalue weighted by Crippen LogP contribution is 2.28. The number of hydrogen-bond acceptors (Lipinski definition) is 21. The molecule has 0 saturated carbocycles. The number of aromatic amines is 1. The second kappa shape index (κ2) is 50.6. The van der Waals surface area contributed by atoms with Crippen LogP contribution in [0.4, 0.5) is 0 Å². The Labute approximate surface area is 767 Å². The van der Waals surface area contributed by atoms with Crippen molar-refractivity contribution in [2.24, 2.45) is 29.4 Å². The van der Waals surface area contributed by atoms with E-state index in [0.717, 1.165) is 26.5 Å². The zero-order valence-corrected chi connectivity index (χ0v) is 76.9. The Hall–Kier alpha value is -13.3. The molecule has 1 saturated heterocycles. The van der Waals surface area contributed by atoms with Gasteiger partial charge in [-0.3, -0.25) is 76.7 Å². The topological polar surface area (TPSA) is 462 Å². The minimum absolute atomic E-state index is 0.0713. The van der Waals surface area contributed by atoms with Crippen LogP contribution >= 0.6 is 11.8 Å². The lowest BCUT2D eigenvalue weighted by molar-refractivity contribution is -0.151. The van der Waals surface area contributed by atoms with Gasteiger partial charge in [0.25, 0.3) is 6.47 Å². The third-order valence-electron chi connectivity index (χ3n) is 23.2. The van der Waals surface area contributed by atoms with Crippen molar-refractivity contribution in [2.75, 3.05) is 73.6 Å². The predicted octanol–water partition coefficient (Wildman–Crippen LogP) is 5.45. The summed E-state index contributed by atoms with van der Waals surface area (Å²) in [5.74, 6) is -16.1. The van der Waals surface area contributed by atoms with Crippen LogP contribution in [0.3, 0.4) is 0 Å². The van der Waals surface area contributed by atoms with Crippen LogP contribution in [0.15, 0.2) is 164 Å². The number of phenolic OH excluding ortho intramolecular Hbond substituents is 2. The molecule has 11 atom stereocenters. The van der Waals surface area contributed by atoms with E-state index in [0.29, 0.717) is 62.9 Å². The second-order valence-corrected chi connectivity index (χ2v) is 35.1. The number of nitrogens with one attached hydrogen (secondary N) is 7. The van der Waals surface area contributed by atoms with Crippen LogP contribution in [-0.4, -0.2) is 262 Å². The number of thioether (sulfide) groups is 1.